The molecule has 6 heteroatoms. The molecule has 0 saturated carbocycles. The van der Waals surface area contributed by atoms with Crippen LogP contribution in [0.2, 0.25) is 0 Å². The molecule has 1 unspecified atom stereocenters. The zero-order valence-electron chi connectivity index (χ0n) is 18.0. The van der Waals surface area contributed by atoms with Crippen molar-refractivity contribution in [2.75, 3.05) is 5.32 Å². The van der Waals surface area contributed by atoms with Crippen molar-refractivity contribution in [2.24, 2.45) is 7.05 Å². The molecule has 3 aromatic carbocycles. The molecule has 32 heavy (non-hydrogen) atoms. The van der Waals surface area contributed by atoms with Gasteiger partial charge in [0.05, 0.1) is 23.0 Å². The van der Waals surface area contributed by atoms with Gasteiger partial charge >= 0.3 is 0 Å². The molecule has 0 saturated heterocycles. The number of carbonyl (C=O) groups excluding carboxylic acids is 2. The van der Waals surface area contributed by atoms with Gasteiger partial charge < -0.3 is 15.2 Å². The van der Waals surface area contributed by atoms with Crippen LogP contribution in [0.4, 0.5) is 5.69 Å². The van der Waals surface area contributed by atoms with Crippen molar-refractivity contribution in [3.8, 4) is 0 Å². The molecule has 1 aromatic heterocycles. The van der Waals surface area contributed by atoms with Crippen LogP contribution in [0.15, 0.2) is 85.2 Å². The van der Waals surface area contributed by atoms with Gasteiger partial charge in [-0.25, -0.2) is 4.98 Å². The number of imidazole rings is 1. The lowest BCUT2D eigenvalue weighted by atomic mass is 10.0. The van der Waals surface area contributed by atoms with Gasteiger partial charge in [-0.2, -0.15) is 0 Å². The average Bonchev–Trinajstić information content (AvgIpc) is 3.21. The molecule has 2 amide bonds. The average molecular weight is 427 g/mol. The lowest BCUT2D eigenvalue weighted by Gasteiger charge is -2.19. The van der Waals surface area contributed by atoms with Crippen molar-refractivity contribution in [1.29, 1.82) is 0 Å². The highest BCUT2D eigenvalue weighted by Gasteiger charge is 2.22. The normalized spacial score (nSPS) is 11.8. The number of carbonyl (C=O) groups is 2. The number of anilines is 1. The van der Waals surface area contributed by atoms with E-state index in [1.807, 2.05) is 66.2 Å². The summed E-state index contributed by atoms with van der Waals surface area (Å²) < 4.78 is 1.87. The fourth-order valence-corrected chi connectivity index (χ4v) is 3.79. The van der Waals surface area contributed by atoms with Crippen molar-refractivity contribution >= 4 is 28.5 Å². The van der Waals surface area contributed by atoms with E-state index in [0.29, 0.717) is 17.7 Å². The predicted molar refractivity (Wildman–Crippen MR) is 126 cm³/mol. The minimum atomic E-state index is -0.657. The molecule has 0 spiro atoms. The molecule has 0 aliphatic heterocycles. The molecular formula is C26H26N4O2. The van der Waals surface area contributed by atoms with Gasteiger partial charge in [-0.15, -0.1) is 0 Å². The summed E-state index contributed by atoms with van der Waals surface area (Å²) in [6.45, 7) is 0. The van der Waals surface area contributed by atoms with Crippen LogP contribution in [0.3, 0.4) is 0 Å². The minimum absolute atomic E-state index is 0.240. The van der Waals surface area contributed by atoms with E-state index in [4.69, 9.17) is 0 Å². The van der Waals surface area contributed by atoms with E-state index < -0.39 is 6.04 Å². The molecule has 4 aromatic rings. The second kappa shape index (κ2) is 9.92. The van der Waals surface area contributed by atoms with E-state index in [9.17, 15) is 9.59 Å². The Morgan fingerprint density at radius 1 is 0.938 bits per heavy atom. The van der Waals surface area contributed by atoms with Crippen molar-refractivity contribution in [2.45, 2.75) is 25.3 Å². The first-order valence-corrected chi connectivity index (χ1v) is 10.7. The zero-order chi connectivity index (χ0) is 22.3. The highest BCUT2D eigenvalue weighted by molar-refractivity contribution is 6.04. The number of amides is 2. The van der Waals surface area contributed by atoms with E-state index in [-0.39, 0.29) is 11.8 Å². The largest absolute Gasteiger partial charge is 0.340 e. The van der Waals surface area contributed by atoms with Crippen LogP contribution in [-0.4, -0.2) is 27.4 Å². The van der Waals surface area contributed by atoms with Crippen LogP contribution >= 0.6 is 0 Å². The van der Waals surface area contributed by atoms with Crippen molar-refractivity contribution in [3.05, 3.63) is 96.3 Å². The Kier molecular flexibility index (Phi) is 6.60. The summed E-state index contributed by atoms with van der Waals surface area (Å²) in [4.78, 5) is 30.4. The second-order valence-corrected chi connectivity index (χ2v) is 7.79. The highest BCUT2D eigenvalue weighted by Crippen LogP contribution is 2.22. The molecule has 162 valence electrons. The van der Waals surface area contributed by atoms with Crippen LogP contribution in [-0.2, 0) is 18.3 Å². The van der Waals surface area contributed by atoms with Crippen LogP contribution in [0.5, 0.6) is 0 Å². The molecule has 0 fully saturated rings. The Labute approximate surface area is 187 Å². The first-order chi connectivity index (χ1) is 15.6. The number of nitrogens with one attached hydrogen (secondary N) is 2. The predicted octanol–water partition coefficient (Wildman–Crippen LogP) is 4.33. The van der Waals surface area contributed by atoms with E-state index in [1.165, 1.54) is 5.56 Å². The number of para-hydroxylation sites is 1. The zero-order valence-corrected chi connectivity index (χ0v) is 18.0. The fourth-order valence-electron chi connectivity index (χ4n) is 3.79. The summed E-state index contributed by atoms with van der Waals surface area (Å²) in [5, 5.41) is 5.93. The summed E-state index contributed by atoms with van der Waals surface area (Å²) in [7, 11) is 1.89. The number of benzene rings is 3. The van der Waals surface area contributed by atoms with E-state index in [0.717, 1.165) is 23.9 Å². The standard InChI is InChI=1S/C26H26N4O2/c1-30-18-27-21-15-9-16-22(24(21)30)28-26(32)23(17-8-12-19-10-4-2-5-11-19)29-25(31)20-13-6-3-7-14-20/h2-7,9-11,13-16,18,23H,8,12,17H2,1H3,(H,28,32)(H,29,31). The Bertz CT molecular complexity index is 1200. The molecule has 1 atom stereocenters. The number of fused-ring (bicyclic) bond motifs is 1. The summed E-state index contributed by atoms with van der Waals surface area (Å²) in [5.41, 5.74) is 4.06. The number of aryl methyl sites for hydroxylation is 2. The summed E-state index contributed by atoms with van der Waals surface area (Å²) in [6.07, 6.45) is 3.85. The molecule has 1 heterocycles. The summed E-state index contributed by atoms with van der Waals surface area (Å²) in [6, 6.07) is 24.0. The fraction of sp³-hybridized carbons (Fsp3) is 0.192. The van der Waals surface area contributed by atoms with Crippen LogP contribution in [0.25, 0.3) is 11.0 Å². The SMILES string of the molecule is Cn1cnc2cccc(NC(=O)C(CCCc3ccccc3)NC(=O)c3ccccc3)c21. The summed E-state index contributed by atoms with van der Waals surface area (Å²) >= 11 is 0. The van der Waals surface area contributed by atoms with Gasteiger partial charge in [-0.05, 0) is 49.1 Å². The van der Waals surface area contributed by atoms with Crippen molar-refractivity contribution in [1.82, 2.24) is 14.9 Å². The van der Waals surface area contributed by atoms with Crippen LogP contribution < -0.4 is 10.6 Å². The number of nitrogens with zero attached hydrogens (tertiary/aromatic N) is 2. The first kappa shape index (κ1) is 21.3. The maximum atomic E-state index is 13.2. The van der Waals surface area contributed by atoms with Gasteiger partial charge in [0.1, 0.15) is 6.04 Å². The molecule has 6 nitrogen and oxygen atoms in total. The molecule has 4 rings (SSSR count). The minimum Gasteiger partial charge on any atom is -0.340 e. The van der Waals surface area contributed by atoms with Crippen LogP contribution in [0, 0.1) is 0 Å². The Morgan fingerprint density at radius 3 is 2.41 bits per heavy atom. The Hall–Kier alpha value is -3.93. The lowest BCUT2D eigenvalue weighted by Crippen LogP contribution is -2.44. The Balaban J connectivity index is 1.50. The number of aromatic nitrogens is 2. The summed E-state index contributed by atoms with van der Waals surface area (Å²) in [5.74, 6) is -0.500. The lowest BCUT2D eigenvalue weighted by molar-refractivity contribution is -0.118. The van der Waals surface area contributed by atoms with E-state index >= 15 is 0 Å². The molecule has 0 aliphatic rings. The highest BCUT2D eigenvalue weighted by atomic mass is 16.2. The van der Waals surface area contributed by atoms with Crippen molar-refractivity contribution < 1.29 is 9.59 Å². The quantitative estimate of drug-likeness (QED) is 0.440. The topological polar surface area (TPSA) is 76.0 Å². The number of hydrogen-bond donors (Lipinski definition) is 2. The maximum Gasteiger partial charge on any atom is 0.251 e. The van der Waals surface area contributed by atoms with Gasteiger partial charge in [0.25, 0.3) is 5.91 Å². The second-order valence-electron chi connectivity index (χ2n) is 7.79. The maximum absolute atomic E-state index is 13.2. The van der Waals surface area contributed by atoms with Gasteiger partial charge in [-0.1, -0.05) is 54.6 Å². The first-order valence-electron chi connectivity index (χ1n) is 10.7. The third-order valence-corrected chi connectivity index (χ3v) is 5.45. The molecule has 0 aliphatic carbocycles. The number of hydrogen-bond acceptors (Lipinski definition) is 3. The molecule has 0 radical (unpaired) electrons. The monoisotopic (exact) mass is 426 g/mol. The van der Waals surface area contributed by atoms with E-state index in [2.05, 4.69) is 27.8 Å². The number of rotatable bonds is 8. The smallest absolute Gasteiger partial charge is 0.251 e. The third kappa shape index (κ3) is 5.03. The molecule has 0 bridgehead atoms. The van der Waals surface area contributed by atoms with Gasteiger partial charge in [0.15, 0.2) is 0 Å². The van der Waals surface area contributed by atoms with Gasteiger partial charge in [0, 0.05) is 12.6 Å². The van der Waals surface area contributed by atoms with Crippen LogP contribution in [0.1, 0.15) is 28.8 Å². The van der Waals surface area contributed by atoms with E-state index in [1.54, 1.807) is 18.5 Å². The molecule has 2 N–H and O–H groups in total. The van der Waals surface area contributed by atoms with Gasteiger partial charge in [0.2, 0.25) is 5.91 Å². The molecular weight excluding hydrogens is 400 g/mol. The Morgan fingerprint density at radius 2 is 1.66 bits per heavy atom. The third-order valence-electron chi connectivity index (χ3n) is 5.45. The van der Waals surface area contributed by atoms with Crippen molar-refractivity contribution in [3.63, 3.8) is 0 Å². The van der Waals surface area contributed by atoms with Gasteiger partial charge in [-0.3, -0.25) is 9.59 Å².